The van der Waals surface area contributed by atoms with Crippen LogP contribution >= 0.6 is 11.3 Å². The van der Waals surface area contributed by atoms with Crippen molar-refractivity contribution in [3.05, 3.63) is 106 Å². The third-order valence-electron chi connectivity index (χ3n) is 10.3. The molecule has 4 heterocycles. The van der Waals surface area contributed by atoms with Gasteiger partial charge in [-0.1, -0.05) is 53.8 Å². The summed E-state index contributed by atoms with van der Waals surface area (Å²) >= 11 is 1.45. The van der Waals surface area contributed by atoms with Crippen LogP contribution in [0.25, 0.3) is 21.3 Å². The summed E-state index contributed by atoms with van der Waals surface area (Å²) in [5.74, 6) is -0.841. The first-order chi connectivity index (χ1) is 26.9. The van der Waals surface area contributed by atoms with Crippen LogP contribution in [-0.4, -0.2) is 82.3 Å². The van der Waals surface area contributed by atoms with Crippen molar-refractivity contribution in [1.29, 1.82) is 0 Å². The first kappa shape index (κ1) is 39.1. The lowest BCUT2D eigenvalue weighted by Gasteiger charge is -2.31. The molecule has 2 aliphatic heterocycles. The van der Waals surface area contributed by atoms with Gasteiger partial charge in [0.2, 0.25) is 0 Å². The fraction of sp³-hybridized carbons (Fsp3) is 0.386. The van der Waals surface area contributed by atoms with Gasteiger partial charge in [-0.3, -0.25) is 19.8 Å². The number of aliphatic carboxylic acids is 1. The number of fused-ring (bicyclic) bond motifs is 2. The van der Waals surface area contributed by atoms with E-state index in [-0.39, 0.29) is 24.2 Å². The number of amides is 1. The zero-order valence-electron chi connectivity index (χ0n) is 32.5. The van der Waals surface area contributed by atoms with Crippen LogP contribution in [0.4, 0.5) is 10.9 Å². The highest BCUT2D eigenvalue weighted by atomic mass is 32.1. The Hall–Kier alpha value is -5.17. The van der Waals surface area contributed by atoms with Crippen molar-refractivity contribution >= 4 is 50.3 Å². The summed E-state index contributed by atoms with van der Waals surface area (Å²) in [5, 5.41) is 12.6. The van der Waals surface area contributed by atoms with Gasteiger partial charge >= 0.3 is 11.9 Å². The van der Waals surface area contributed by atoms with Crippen LogP contribution in [0.3, 0.4) is 0 Å². The normalized spacial score (nSPS) is 15.1. The molecule has 2 aliphatic rings. The number of likely N-dealkylation sites (tertiary alicyclic amines) is 1. The number of pyridine rings is 1. The lowest BCUT2D eigenvalue weighted by atomic mass is 9.94. The lowest BCUT2D eigenvalue weighted by Crippen LogP contribution is -2.39. The molecule has 0 radical (unpaired) electrons. The van der Waals surface area contributed by atoms with Gasteiger partial charge in [0.1, 0.15) is 11.4 Å². The number of carbonyl (C=O) groups excluding carboxylic acids is 2. The molecule has 0 unspecified atom stereocenters. The molecule has 0 aliphatic carbocycles. The highest BCUT2D eigenvalue weighted by molar-refractivity contribution is 7.22. The summed E-state index contributed by atoms with van der Waals surface area (Å²) < 4.78 is 13.0. The number of nitrogens with one attached hydrogen (secondary N) is 1. The third-order valence-corrected chi connectivity index (χ3v) is 11.2. The molecule has 11 nitrogen and oxygen atoms in total. The number of aryl methyl sites for hydroxylation is 2. The highest BCUT2D eigenvalue weighted by Crippen LogP contribution is 2.33. The Kier molecular flexibility index (Phi) is 11.8. The number of carbonyl (C=O) groups is 3. The van der Waals surface area contributed by atoms with Crippen molar-refractivity contribution in [2.75, 3.05) is 43.0 Å². The number of para-hydroxylation sites is 1. The molecule has 7 rings (SSSR count). The number of aromatic nitrogens is 2. The monoisotopic (exact) mass is 775 g/mol. The predicted molar refractivity (Wildman–Crippen MR) is 220 cm³/mol. The minimum atomic E-state index is -0.788. The Bertz CT molecular complexity index is 2210. The first-order valence-corrected chi connectivity index (χ1v) is 20.1. The van der Waals surface area contributed by atoms with E-state index in [4.69, 9.17) is 19.6 Å². The van der Waals surface area contributed by atoms with E-state index < -0.39 is 17.5 Å². The minimum absolute atomic E-state index is 0.0879. The number of piperidine rings is 1. The largest absolute Gasteiger partial charge is 0.480 e. The number of nitrogens with zero attached hydrogens (tertiary/aromatic N) is 4. The summed E-state index contributed by atoms with van der Waals surface area (Å²) in [6.07, 6.45) is 4.32. The quantitative estimate of drug-likeness (QED) is 0.0951. The van der Waals surface area contributed by atoms with E-state index in [1.54, 1.807) is 0 Å². The summed E-state index contributed by atoms with van der Waals surface area (Å²) in [6.45, 7) is 11.0. The molecule has 1 fully saturated rings. The number of rotatable bonds is 12. The lowest BCUT2D eigenvalue weighted by molar-refractivity contribution is -0.139. The Morgan fingerprint density at radius 2 is 1.73 bits per heavy atom. The summed E-state index contributed by atoms with van der Waals surface area (Å²) in [7, 11) is 0. The van der Waals surface area contributed by atoms with Crippen LogP contribution in [0.1, 0.15) is 83.1 Å². The van der Waals surface area contributed by atoms with Gasteiger partial charge in [0.25, 0.3) is 5.91 Å². The smallest absolute Gasteiger partial charge is 0.358 e. The van der Waals surface area contributed by atoms with Crippen molar-refractivity contribution < 1.29 is 29.0 Å². The zero-order chi connectivity index (χ0) is 39.4. The predicted octanol–water partition coefficient (Wildman–Crippen LogP) is 7.94. The average molecular weight is 776 g/mol. The van der Waals surface area contributed by atoms with Crippen LogP contribution in [0.2, 0.25) is 0 Å². The van der Waals surface area contributed by atoms with Gasteiger partial charge in [-0.05, 0) is 118 Å². The molecule has 5 aromatic rings. The van der Waals surface area contributed by atoms with Gasteiger partial charge in [0.15, 0.2) is 10.8 Å². The van der Waals surface area contributed by atoms with Crippen LogP contribution in [0, 0.1) is 6.92 Å². The maximum atomic E-state index is 13.8. The number of hydrogen-bond acceptors (Lipinski definition) is 10. The number of anilines is 2. The Morgan fingerprint density at radius 1 is 0.946 bits per heavy atom. The number of carboxylic acid groups (broad SMARTS) is 1. The van der Waals surface area contributed by atoms with Gasteiger partial charge < -0.3 is 19.5 Å². The van der Waals surface area contributed by atoms with E-state index in [0.717, 1.165) is 77.7 Å². The molecular weight excluding hydrogens is 727 g/mol. The van der Waals surface area contributed by atoms with Gasteiger partial charge in [0, 0.05) is 43.9 Å². The fourth-order valence-electron chi connectivity index (χ4n) is 7.54. The molecule has 0 saturated carbocycles. The first-order valence-electron chi connectivity index (χ1n) is 19.3. The van der Waals surface area contributed by atoms with Gasteiger partial charge in [-0.15, -0.1) is 0 Å². The molecule has 12 heteroatoms. The van der Waals surface area contributed by atoms with Crippen LogP contribution in [-0.2, 0) is 33.7 Å². The fourth-order valence-corrected chi connectivity index (χ4v) is 8.40. The van der Waals surface area contributed by atoms with Crippen molar-refractivity contribution in [3.63, 3.8) is 0 Å². The number of esters is 1. The molecule has 2 aromatic heterocycles. The second-order valence-electron chi connectivity index (χ2n) is 15.6. The molecule has 1 saturated heterocycles. The number of ether oxygens (including phenoxy) is 2. The second-order valence-corrected chi connectivity index (χ2v) is 16.6. The molecule has 0 spiro atoms. The van der Waals surface area contributed by atoms with Crippen LogP contribution < -0.4 is 10.2 Å². The number of carboxylic acids is 1. The van der Waals surface area contributed by atoms with E-state index in [1.165, 1.54) is 16.9 Å². The highest BCUT2D eigenvalue weighted by Gasteiger charge is 2.28. The molecule has 0 bridgehead atoms. The minimum Gasteiger partial charge on any atom is -0.480 e. The molecular formula is C44H49N5O6S. The number of hydrogen-bond donors (Lipinski definition) is 2. The topological polar surface area (TPSA) is 134 Å². The Labute approximate surface area is 331 Å². The summed E-state index contributed by atoms with van der Waals surface area (Å²) in [5.41, 5.74) is 6.87. The van der Waals surface area contributed by atoms with E-state index >= 15 is 0 Å². The van der Waals surface area contributed by atoms with Crippen molar-refractivity contribution in [1.82, 2.24) is 14.9 Å². The van der Waals surface area contributed by atoms with Crippen molar-refractivity contribution in [3.8, 4) is 11.1 Å². The summed E-state index contributed by atoms with van der Waals surface area (Å²) in [4.78, 5) is 52.1. The molecule has 292 valence electrons. The molecule has 3 aromatic carbocycles. The average Bonchev–Trinajstić information content (AvgIpc) is 3.58. The van der Waals surface area contributed by atoms with Crippen molar-refractivity contribution in [2.24, 2.45) is 0 Å². The molecule has 0 atom stereocenters. The van der Waals surface area contributed by atoms with Gasteiger partial charge in [0.05, 0.1) is 22.9 Å². The van der Waals surface area contributed by atoms with E-state index in [0.29, 0.717) is 41.8 Å². The maximum Gasteiger partial charge on any atom is 0.358 e. The van der Waals surface area contributed by atoms with Crippen LogP contribution in [0.15, 0.2) is 72.8 Å². The maximum absolute atomic E-state index is 13.8. The van der Waals surface area contributed by atoms with Crippen molar-refractivity contribution in [2.45, 2.75) is 78.0 Å². The van der Waals surface area contributed by atoms with E-state index in [1.807, 2.05) is 74.2 Å². The van der Waals surface area contributed by atoms with E-state index in [2.05, 4.69) is 46.4 Å². The van der Waals surface area contributed by atoms with Gasteiger partial charge in [-0.25, -0.2) is 14.8 Å². The van der Waals surface area contributed by atoms with E-state index in [9.17, 15) is 14.4 Å². The summed E-state index contributed by atoms with van der Waals surface area (Å²) in [6, 6.07) is 23.9. The molecule has 2 N–H and O–H groups in total. The number of thiazole rings is 1. The van der Waals surface area contributed by atoms with Gasteiger partial charge in [-0.2, -0.15) is 0 Å². The Morgan fingerprint density at radius 3 is 2.48 bits per heavy atom. The van der Waals surface area contributed by atoms with Crippen LogP contribution in [0.5, 0.6) is 0 Å². The molecule has 56 heavy (non-hydrogen) atoms. The molecule has 1 amide bonds. The third kappa shape index (κ3) is 9.43. The second kappa shape index (κ2) is 16.9. The zero-order valence-corrected chi connectivity index (χ0v) is 33.3. The Balaban J connectivity index is 1.06. The standard InChI is InChI=1S/C44H49N5O6S/c1-28-25-29(9-8-24-54-31-19-21-48(22-20-31)27-39(50)51)14-15-32(28)33-16-17-38(46-40(33)42(53)55-44(2,3)4)49-23-18-30-10-7-11-34(35(30)26-49)41(52)47-43-45-36-12-5-6-13-37(36)56-43/h5-7,10-17,25,31H,8-9,18-24,26-27H2,1-4H3,(H,50,51)(H,45,47,52). The number of benzene rings is 3. The SMILES string of the molecule is Cc1cc(CCCOC2CCN(CC(=O)O)CC2)ccc1-c1ccc(N2CCc3cccc(C(=O)Nc4nc5ccccc5s4)c3C2)nc1C(=O)OC(C)(C)C.